The van der Waals surface area contributed by atoms with Crippen molar-refractivity contribution < 1.29 is 9.90 Å². The number of rotatable bonds is 6. The molecule has 4 heterocycles. The molecule has 1 aromatic carbocycles. The van der Waals surface area contributed by atoms with E-state index in [1.54, 1.807) is 6.07 Å². The summed E-state index contributed by atoms with van der Waals surface area (Å²) in [5.41, 5.74) is 3.32. The van der Waals surface area contributed by atoms with Gasteiger partial charge >= 0.3 is 5.97 Å². The van der Waals surface area contributed by atoms with Gasteiger partial charge in [-0.2, -0.15) is 5.10 Å². The first-order valence-electron chi connectivity index (χ1n) is 13.6. The van der Waals surface area contributed by atoms with Crippen LogP contribution in [0.25, 0.3) is 11.2 Å². The molecule has 2 aromatic heterocycles. The van der Waals surface area contributed by atoms with Gasteiger partial charge in [-0.15, -0.1) is 0 Å². The fourth-order valence-electron chi connectivity index (χ4n) is 6.88. The summed E-state index contributed by atoms with van der Waals surface area (Å²) in [6.45, 7) is 9.21. The Morgan fingerprint density at radius 2 is 2.00 bits per heavy atom. The van der Waals surface area contributed by atoms with Crippen LogP contribution in [0.3, 0.4) is 0 Å². The van der Waals surface area contributed by atoms with Gasteiger partial charge in [0.25, 0.3) is 0 Å². The molecule has 6 unspecified atom stereocenters. The van der Waals surface area contributed by atoms with Crippen LogP contribution in [0.5, 0.6) is 0 Å². The van der Waals surface area contributed by atoms with Crippen molar-refractivity contribution in [2.24, 2.45) is 17.8 Å². The Balaban J connectivity index is 1.22. The van der Waals surface area contributed by atoms with Crippen molar-refractivity contribution in [2.45, 2.75) is 64.6 Å². The molecule has 38 heavy (non-hydrogen) atoms. The zero-order chi connectivity index (χ0) is 26.7. The van der Waals surface area contributed by atoms with Crippen LogP contribution in [0.4, 0.5) is 5.82 Å². The third kappa shape index (κ3) is 4.54. The van der Waals surface area contributed by atoms with Crippen LogP contribution in [0, 0.1) is 24.7 Å². The maximum atomic E-state index is 11.5. The minimum absolute atomic E-state index is 0.130. The van der Waals surface area contributed by atoms with E-state index in [0.717, 1.165) is 67.1 Å². The maximum absolute atomic E-state index is 11.5. The van der Waals surface area contributed by atoms with E-state index in [1.165, 1.54) is 6.42 Å². The van der Waals surface area contributed by atoms with Crippen LogP contribution in [0.2, 0.25) is 10.0 Å². The number of carboxylic acid groups (broad SMARTS) is 1. The van der Waals surface area contributed by atoms with Gasteiger partial charge < -0.3 is 10.0 Å². The number of likely N-dealkylation sites (tertiary alicyclic amines) is 1. The van der Waals surface area contributed by atoms with Gasteiger partial charge in [0, 0.05) is 35.2 Å². The number of anilines is 1. The molecule has 0 bridgehead atoms. The molecule has 3 aliphatic rings. The van der Waals surface area contributed by atoms with Crippen LogP contribution in [0.1, 0.15) is 56.8 Å². The molecule has 0 radical (unpaired) electrons. The molecule has 3 fully saturated rings. The molecule has 0 amide bonds. The molecule has 6 atom stereocenters. The topological polar surface area (TPSA) is 87.4 Å². The van der Waals surface area contributed by atoms with E-state index in [0.29, 0.717) is 34.0 Å². The molecule has 2 aliphatic heterocycles. The number of halogens is 2. The van der Waals surface area contributed by atoms with Crippen LogP contribution >= 0.6 is 23.2 Å². The highest BCUT2D eigenvalue weighted by molar-refractivity contribution is 6.35. The second-order valence-corrected chi connectivity index (χ2v) is 12.2. The van der Waals surface area contributed by atoms with Gasteiger partial charge in [-0.05, 0) is 75.6 Å². The Bertz CT molecular complexity index is 1380. The zero-order valence-corrected chi connectivity index (χ0v) is 23.5. The maximum Gasteiger partial charge on any atom is 0.306 e. The standard InChI is InChI=1S/C28H34Cl2N6O2/c1-15-14-34(10-8-23(15)35-9-4-5-24(35)20-12-21(20)28(37)38)25-13-31-26-16(2)33-36(27(26)32-25)17(3)19-7-6-18(29)11-22(19)30/h6-7,11,13,15,17,20-21,23-24H,4-5,8-10,12,14H2,1-3H3,(H,37,38). The Morgan fingerprint density at radius 3 is 2.71 bits per heavy atom. The van der Waals surface area contributed by atoms with E-state index in [9.17, 15) is 9.90 Å². The van der Waals surface area contributed by atoms with Gasteiger partial charge in [0.05, 0.1) is 23.9 Å². The fraction of sp³-hybridized carbons (Fsp3) is 0.571. The Labute approximate surface area is 232 Å². The smallest absolute Gasteiger partial charge is 0.306 e. The van der Waals surface area contributed by atoms with E-state index in [2.05, 4.69) is 23.6 Å². The summed E-state index contributed by atoms with van der Waals surface area (Å²) in [6.07, 6.45) is 6.04. The highest BCUT2D eigenvalue weighted by Gasteiger charge is 2.52. The first-order valence-corrected chi connectivity index (χ1v) is 14.4. The Morgan fingerprint density at radius 1 is 1.18 bits per heavy atom. The van der Waals surface area contributed by atoms with Crippen molar-refractivity contribution in [1.29, 1.82) is 0 Å². The van der Waals surface area contributed by atoms with Crippen LogP contribution in [-0.4, -0.2) is 67.4 Å². The number of hydrogen-bond donors (Lipinski definition) is 1. The largest absolute Gasteiger partial charge is 0.481 e. The minimum atomic E-state index is -0.624. The van der Waals surface area contributed by atoms with Crippen LogP contribution < -0.4 is 4.90 Å². The third-order valence-electron chi connectivity index (χ3n) is 8.94. The molecular weight excluding hydrogens is 523 g/mol. The second-order valence-electron chi connectivity index (χ2n) is 11.3. The monoisotopic (exact) mass is 556 g/mol. The second kappa shape index (κ2) is 9.96. The first-order chi connectivity index (χ1) is 18.2. The summed E-state index contributed by atoms with van der Waals surface area (Å²) in [5.74, 6) is 0.872. The summed E-state index contributed by atoms with van der Waals surface area (Å²) in [5, 5.41) is 15.4. The number of hydrogen-bond acceptors (Lipinski definition) is 6. The van der Waals surface area contributed by atoms with Crippen molar-refractivity contribution in [3.05, 3.63) is 45.7 Å². The number of carbonyl (C=O) groups is 1. The normalized spacial score (nSPS) is 28.7. The van der Waals surface area contributed by atoms with Crippen molar-refractivity contribution >= 4 is 46.2 Å². The Hall–Kier alpha value is -2.42. The predicted octanol–water partition coefficient (Wildman–Crippen LogP) is 5.45. The fourth-order valence-corrected chi connectivity index (χ4v) is 7.45. The summed E-state index contributed by atoms with van der Waals surface area (Å²) in [4.78, 5) is 26.3. The van der Waals surface area contributed by atoms with Crippen LogP contribution in [0.15, 0.2) is 24.4 Å². The van der Waals surface area contributed by atoms with Gasteiger partial charge in [0.2, 0.25) is 0 Å². The van der Waals surface area contributed by atoms with E-state index < -0.39 is 5.97 Å². The molecule has 0 spiro atoms. The third-order valence-corrected chi connectivity index (χ3v) is 9.50. The van der Waals surface area contributed by atoms with Crippen molar-refractivity contribution in [1.82, 2.24) is 24.6 Å². The lowest BCUT2D eigenvalue weighted by Gasteiger charge is -2.44. The Kier molecular flexibility index (Phi) is 6.77. The number of aliphatic carboxylic acids is 1. The lowest BCUT2D eigenvalue weighted by Crippen LogP contribution is -2.52. The molecule has 1 N–H and O–H groups in total. The quantitative estimate of drug-likeness (QED) is 0.431. The minimum Gasteiger partial charge on any atom is -0.481 e. The summed E-state index contributed by atoms with van der Waals surface area (Å²) >= 11 is 12.6. The van der Waals surface area contributed by atoms with Crippen molar-refractivity contribution in [3.63, 3.8) is 0 Å². The predicted molar refractivity (Wildman–Crippen MR) is 149 cm³/mol. The number of piperidine rings is 1. The van der Waals surface area contributed by atoms with Crippen LogP contribution in [-0.2, 0) is 4.79 Å². The van der Waals surface area contributed by atoms with Gasteiger partial charge in [-0.3, -0.25) is 9.69 Å². The van der Waals surface area contributed by atoms with E-state index in [4.69, 9.17) is 38.3 Å². The van der Waals surface area contributed by atoms with E-state index in [-0.39, 0.29) is 12.0 Å². The number of fused-ring (bicyclic) bond motifs is 1. The van der Waals surface area contributed by atoms with Gasteiger partial charge in [-0.1, -0.05) is 36.2 Å². The van der Waals surface area contributed by atoms with Gasteiger partial charge in [0.15, 0.2) is 5.65 Å². The number of aromatic nitrogens is 4. The molecule has 3 aromatic rings. The molecule has 1 aliphatic carbocycles. The number of benzene rings is 1. The lowest BCUT2D eigenvalue weighted by molar-refractivity contribution is -0.139. The summed E-state index contributed by atoms with van der Waals surface area (Å²) in [6, 6.07) is 6.31. The highest BCUT2D eigenvalue weighted by atomic mass is 35.5. The number of aryl methyl sites for hydroxylation is 1. The lowest BCUT2D eigenvalue weighted by atomic mass is 9.91. The van der Waals surface area contributed by atoms with Crippen molar-refractivity contribution in [2.75, 3.05) is 24.5 Å². The van der Waals surface area contributed by atoms with E-state index in [1.807, 2.05) is 29.9 Å². The van der Waals surface area contributed by atoms with Gasteiger partial charge in [0.1, 0.15) is 11.3 Å². The SMILES string of the molecule is Cc1nn(C(C)c2ccc(Cl)cc2Cl)c2nc(N3CCC(N4CCCC4C4CC4C(=O)O)C(C)C3)cnc12. The molecule has 10 heteroatoms. The summed E-state index contributed by atoms with van der Waals surface area (Å²) in [7, 11) is 0. The van der Waals surface area contributed by atoms with E-state index >= 15 is 0 Å². The van der Waals surface area contributed by atoms with Gasteiger partial charge in [-0.25, -0.2) is 14.6 Å². The first kappa shape index (κ1) is 25.8. The molecule has 202 valence electrons. The zero-order valence-electron chi connectivity index (χ0n) is 22.0. The molecule has 6 rings (SSSR count). The highest BCUT2D eigenvalue weighted by Crippen LogP contribution is 2.48. The summed E-state index contributed by atoms with van der Waals surface area (Å²) < 4.78 is 1.91. The molecule has 8 nitrogen and oxygen atoms in total. The molecule has 1 saturated carbocycles. The van der Waals surface area contributed by atoms with Crippen molar-refractivity contribution in [3.8, 4) is 0 Å². The average Bonchev–Trinajstić information content (AvgIpc) is 3.43. The molecular formula is C28H34Cl2N6O2. The number of nitrogens with zero attached hydrogens (tertiary/aromatic N) is 6. The molecule has 2 saturated heterocycles. The number of carboxylic acids is 1. The average molecular weight is 558 g/mol.